The molecule has 0 bridgehead atoms. The molecule has 0 aromatic heterocycles. The van der Waals surface area contributed by atoms with Gasteiger partial charge in [0.2, 0.25) is 11.8 Å². The Hall–Kier alpha value is -6.04. The van der Waals surface area contributed by atoms with Crippen molar-refractivity contribution < 1.29 is 49.8 Å². The molecule has 4 aromatic rings. The standard InChI is InChI=1S/C36H34N2O10/c39-23-9-1-19(2-10-23)17-27(35(45)46)37-33(43)31-29(21-5-13-25(41)14-6-21)32(30(31)22-7-15-26(42)16-8-22)34(44)38-28(36(47)48)18-20-3-11-24(40)12-4-20/h1-16,27-32,39-42H,17-18H2,(H,37,43)(H,38,44)(H,45,46)(H,47,48)/t27-,28+,29?,30?,31?,32?. The molecule has 1 saturated carbocycles. The highest BCUT2D eigenvalue weighted by atomic mass is 16.4. The Balaban J connectivity index is 1.50. The summed E-state index contributed by atoms with van der Waals surface area (Å²) in [5, 5.41) is 64.4. The Kier molecular flexibility index (Phi) is 9.83. The van der Waals surface area contributed by atoms with Crippen molar-refractivity contribution >= 4 is 23.8 Å². The minimum Gasteiger partial charge on any atom is -0.508 e. The van der Waals surface area contributed by atoms with E-state index in [1.165, 1.54) is 72.8 Å². The molecule has 2 unspecified atom stereocenters. The van der Waals surface area contributed by atoms with Gasteiger partial charge in [-0.3, -0.25) is 9.59 Å². The minimum absolute atomic E-state index is 0.00451. The highest BCUT2D eigenvalue weighted by molar-refractivity contribution is 5.93. The van der Waals surface area contributed by atoms with Gasteiger partial charge in [-0.25, -0.2) is 9.59 Å². The Morgan fingerprint density at radius 3 is 1.02 bits per heavy atom. The number of aliphatic carboxylic acids is 2. The first-order chi connectivity index (χ1) is 22.9. The number of nitrogens with one attached hydrogen (secondary N) is 2. The van der Waals surface area contributed by atoms with Gasteiger partial charge in [-0.05, 0) is 70.8 Å². The van der Waals surface area contributed by atoms with Crippen LogP contribution in [0.2, 0.25) is 0 Å². The number of carbonyl (C=O) groups excluding carboxylic acids is 2. The van der Waals surface area contributed by atoms with Crippen molar-refractivity contribution in [1.29, 1.82) is 0 Å². The number of carboxylic acids is 2. The van der Waals surface area contributed by atoms with Crippen LogP contribution >= 0.6 is 0 Å². The number of hydrogen-bond acceptors (Lipinski definition) is 8. The average Bonchev–Trinajstić information content (AvgIpc) is 3.03. The van der Waals surface area contributed by atoms with Crippen molar-refractivity contribution in [2.24, 2.45) is 11.8 Å². The highest BCUT2D eigenvalue weighted by Crippen LogP contribution is 2.58. The second-order valence-electron chi connectivity index (χ2n) is 11.8. The van der Waals surface area contributed by atoms with Crippen molar-refractivity contribution in [2.75, 3.05) is 0 Å². The SMILES string of the molecule is O=C(N[C@@H](Cc1ccc(O)cc1)C(=O)O)C1C(c2ccc(O)cc2)C(C(=O)N[C@H](Cc2ccc(O)cc2)C(=O)O)C1c1ccc(O)cc1. The van der Waals surface area contributed by atoms with Gasteiger partial charge in [-0.15, -0.1) is 0 Å². The lowest BCUT2D eigenvalue weighted by Gasteiger charge is -2.51. The Bertz CT molecular complexity index is 1630. The normalized spacial score (nSPS) is 19.7. The Labute approximate surface area is 274 Å². The molecule has 0 heterocycles. The number of carboxylic acid groups (broad SMARTS) is 2. The van der Waals surface area contributed by atoms with Crippen LogP contribution in [0.15, 0.2) is 97.1 Å². The average molecular weight is 655 g/mol. The van der Waals surface area contributed by atoms with Crippen molar-refractivity contribution in [3.8, 4) is 23.0 Å². The summed E-state index contributed by atoms with van der Waals surface area (Å²) in [5.74, 6) is -7.83. The van der Waals surface area contributed by atoms with Crippen molar-refractivity contribution in [3.05, 3.63) is 119 Å². The van der Waals surface area contributed by atoms with Crippen molar-refractivity contribution in [1.82, 2.24) is 10.6 Å². The smallest absolute Gasteiger partial charge is 0.326 e. The molecule has 12 nitrogen and oxygen atoms in total. The molecule has 0 spiro atoms. The molecule has 248 valence electrons. The first-order valence-electron chi connectivity index (χ1n) is 15.1. The molecule has 0 radical (unpaired) electrons. The lowest BCUT2D eigenvalue weighted by molar-refractivity contribution is -0.148. The number of benzene rings is 4. The van der Waals surface area contributed by atoms with Crippen LogP contribution in [0.3, 0.4) is 0 Å². The second kappa shape index (κ2) is 14.2. The summed E-state index contributed by atoms with van der Waals surface area (Å²) in [5.41, 5.74) is 2.06. The lowest BCUT2D eigenvalue weighted by atomic mass is 9.51. The fourth-order valence-electron chi connectivity index (χ4n) is 6.29. The van der Waals surface area contributed by atoms with Gasteiger partial charge in [-0.1, -0.05) is 48.5 Å². The predicted octanol–water partition coefficient (Wildman–Crippen LogP) is 3.25. The zero-order valence-electron chi connectivity index (χ0n) is 25.4. The maximum absolute atomic E-state index is 14.1. The van der Waals surface area contributed by atoms with E-state index in [2.05, 4.69) is 10.6 Å². The maximum Gasteiger partial charge on any atom is 0.326 e. The molecule has 0 aliphatic heterocycles. The van der Waals surface area contributed by atoms with Gasteiger partial charge in [0.15, 0.2) is 0 Å². The van der Waals surface area contributed by atoms with E-state index in [1.807, 2.05) is 0 Å². The van der Waals surface area contributed by atoms with E-state index in [0.717, 1.165) is 0 Å². The van der Waals surface area contributed by atoms with E-state index in [1.54, 1.807) is 24.3 Å². The van der Waals surface area contributed by atoms with E-state index < -0.39 is 59.5 Å². The first kappa shape index (κ1) is 33.3. The summed E-state index contributed by atoms with van der Waals surface area (Å²) >= 11 is 0. The van der Waals surface area contributed by atoms with E-state index in [9.17, 15) is 49.8 Å². The van der Waals surface area contributed by atoms with Gasteiger partial charge in [0.05, 0.1) is 11.8 Å². The molecule has 5 rings (SSSR count). The van der Waals surface area contributed by atoms with Gasteiger partial charge >= 0.3 is 11.9 Å². The lowest BCUT2D eigenvalue weighted by Crippen LogP contribution is -2.59. The summed E-state index contributed by atoms with van der Waals surface area (Å²) in [6.45, 7) is 0. The van der Waals surface area contributed by atoms with Crippen molar-refractivity contribution in [3.63, 3.8) is 0 Å². The molecule has 48 heavy (non-hydrogen) atoms. The number of carbonyl (C=O) groups is 4. The number of aromatic hydroxyl groups is 4. The first-order valence-corrected chi connectivity index (χ1v) is 15.1. The third-order valence-electron chi connectivity index (χ3n) is 8.69. The van der Waals surface area contributed by atoms with E-state index in [4.69, 9.17) is 0 Å². The largest absolute Gasteiger partial charge is 0.508 e. The topological polar surface area (TPSA) is 214 Å². The summed E-state index contributed by atoms with van der Waals surface area (Å²) in [6, 6.07) is 20.8. The zero-order chi connectivity index (χ0) is 34.5. The van der Waals surface area contributed by atoms with Crippen LogP contribution < -0.4 is 10.6 Å². The summed E-state index contributed by atoms with van der Waals surface area (Å²) in [7, 11) is 0. The number of phenolic OH excluding ortho intramolecular Hbond substituents is 4. The molecule has 1 aliphatic rings. The van der Waals surface area contributed by atoms with E-state index >= 15 is 0 Å². The van der Waals surface area contributed by atoms with Gasteiger partial charge in [0, 0.05) is 24.7 Å². The molecular formula is C36H34N2O10. The van der Waals surface area contributed by atoms with Crippen LogP contribution in [0.1, 0.15) is 34.1 Å². The molecule has 8 N–H and O–H groups in total. The Morgan fingerprint density at radius 2 is 0.750 bits per heavy atom. The summed E-state index contributed by atoms with van der Waals surface area (Å²) in [4.78, 5) is 52.8. The third kappa shape index (κ3) is 7.49. The monoisotopic (exact) mass is 654 g/mol. The summed E-state index contributed by atoms with van der Waals surface area (Å²) in [6.07, 6.45) is -0.188. The number of hydrogen-bond donors (Lipinski definition) is 8. The Morgan fingerprint density at radius 1 is 0.479 bits per heavy atom. The molecule has 4 aromatic carbocycles. The molecular weight excluding hydrogens is 620 g/mol. The van der Waals surface area contributed by atoms with Crippen LogP contribution in [0.5, 0.6) is 23.0 Å². The quantitative estimate of drug-likeness (QED) is 0.112. The van der Waals surface area contributed by atoms with Gasteiger partial charge in [0.1, 0.15) is 35.1 Å². The number of amides is 2. The highest BCUT2D eigenvalue weighted by Gasteiger charge is 2.58. The van der Waals surface area contributed by atoms with E-state index in [-0.39, 0.29) is 35.8 Å². The molecule has 2 amide bonds. The van der Waals surface area contributed by atoms with Crippen LogP contribution in [0.25, 0.3) is 0 Å². The molecule has 4 atom stereocenters. The summed E-state index contributed by atoms with van der Waals surface area (Å²) < 4.78 is 0. The minimum atomic E-state index is -1.36. The third-order valence-corrected chi connectivity index (χ3v) is 8.69. The molecule has 0 saturated heterocycles. The van der Waals surface area contributed by atoms with Crippen LogP contribution in [0.4, 0.5) is 0 Å². The molecule has 1 fully saturated rings. The number of phenols is 4. The van der Waals surface area contributed by atoms with Gasteiger partial charge in [0.25, 0.3) is 0 Å². The fourth-order valence-corrected chi connectivity index (χ4v) is 6.29. The van der Waals surface area contributed by atoms with Gasteiger partial charge < -0.3 is 41.3 Å². The zero-order valence-corrected chi connectivity index (χ0v) is 25.4. The number of rotatable bonds is 12. The predicted molar refractivity (Wildman–Crippen MR) is 171 cm³/mol. The molecule has 1 aliphatic carbocycles. The second-order valence-corrected chi connectivity index (χ2v) is 11.8. The van der Waals surface area contributed by atoms with Crippen LogP contribution in [-0.2, 0) is 32.0 Å². The van der Waals surface area contributed by atoms with Crippen LogP contribution in [0, 0.1) is 11.8 Å². The van der Waals surface area contributed by atoms with Crippen LogP contribution in [-0.4, -0.2) is 66.5 Å². The maximum atomic E-state index is 14.1. The van der Waals surface area contributed by atoms with Crippen molar-refractivity contribution in [2.45, 2.75) is 36.8 Å². The molecule has 12 heteroatoms. The van der Waals surface area contributed by atoms with Gasteiger partial charge in [-0.2, -0.15) is 0 Å². The fraction of sp³-hybridized carbons (Fsp3) is 0.222. The van der Waals surface area contributed by atoms with E-state index in [0.29, 0.717) is 22.3 Å².